The van der Waals surface area contributed by atoms with Crippen LogP contribution in [0.2, 0.25) is 0 Å². The van der Waals surface area contributed by atoms with Gasteiger partial charge in [-0.3, -0.25) is 4.79 Å². The lowest BCUT2D eigenvalue weighted by atomic mass is 9.99. The van der Waals surface area contributed by atoms with Crippen molar-refractivity contribution in [2.75, 3.05) is 19.6 Å². The quantitative estimate of drug-likeness (QED) is 0.864. The molecule has 2 aliphatic rings. The lowest BCUT2D eigenvalue weighted by Gasteiger charge is -2.23. The zero-order valence-corrected chi connectivity index (χ0v) is 12.6. The molecule has 22 heavy (non-hydrogen) atoms. The van der Waals surface area contributed by atoms with Gasteiger partial charge in [-0.1, -0.05) is 5.92 Å². The van der Waals surface area contributed by atoms with Crippen molar-refractivity contribution in [3.63, 3.8) is 0 Å². The molecule has 1 N–H and O–H groups in total. The zero-order valence-electron chi connectivity index (χ0n) is 12.6. The Morgan fingerprint density at radius 1 is 1.41 bits per heavy atom. The number of hydrogen-bond donors (Lipinski definition) is 1. The first-order valence-electron chi connectivity index (χ1n) is 7.72. The predicted octanol–water partition coefficient (Wildman–Crippen LogP) is 2.24. The van der Waals surface area contributed by atoms with E-state index in [4.69, 9.17) is 4.42 Å². The lowest BCUT2D eigenvalue weighted by Crippen LogP contribution is -2.43. The summed E-state index contributed by atoms with van der Waals surface area (Å²) in [5, 5.41) is 4.13. The maximum absolute atomic E-state index is 12.5. The zero-order chi connectivity index (χ0) is 15.1. The number of nitrogens with zero attached hydrogens (tertiary/aromatic N) is 1. The molecule has 1 aromatic carbocycles. The van der Waals surface area contributed by atoms with Gasteiger partial charge in [0.15, 0.2) is 0 Å². The SMILES string of the molecule is CC#Cc1coc2cc(C(=O)NC3CN4CCC3C4)ccc12. The standard InChI is InChI=1S/C18H18N2O2/c1-2-3-14-11-22-17-8-12(4-5-15(14)17)18(21)19-16-10-20-7-6-13(16)9-20/h4-5,8,11,13,16H,6-7,9-10H2,1H3,(H,19,21). The Morgan fingerprint density at radius 3 is 3.05 bits per heavy atom. The highest BCUT2D eigenvalue weighted by Gasteiger charge is 2.38. The van der Waals surface area contributed by atoms with Crippen LogP contribution in [0.3, 0.4) is 0 Å². The van der Waals surface area contributed by atoms with Crippen LogP contribution in [0, 0.1) is 17.8 Å². The summed E-state index contributed by atoms with van der Waals surface area (Å²) >= 11 is 0. The number of furan rings is 1. The summed E-state index contributed by atoms with van der Waals surface area (Å²) in [6.45, 7) is 5.08. The second-order valence-corrected chi connectivity index (χ2v) is 6.12. The van der Waals surface area contributed by atoms with E-state index in [0.29, 0.717) is 17.1 Å². The van der Waals surface area contributed by atoms with E-state index in [9.17, 15) is 4.79 Å². The fourth-order valence-corrected chi connectivity index (χ4v) is 3.60. The van der Waals surface area contributed by atoms with E-state index < -0.39 is 0 Å². The third kappa shape index (κ3) is 2.18. The number of rotatable bonds is 2. The van der Waals surface area contributed by atoms with Crippen LogP contribution >= 0.6 is 0 Å². The maximum Gasteiger partial charge on any atom is 0.251 e. The Hall–Kier alpha value is -2.25. The maximum atomic E-state index is 12.5. The van der Waals surface area contributed by atoms with Crippen LogP contribution in [0.25, 0.3) is 11.0 Å². The first-order chi connectivity index (χ1) is 10.7. The summed E-state index contributed by atoms with van der Waals surface area (Å²) < 4.78 is 5.52. The fraction of sp³-hybridized carbons (Fsp3) is 0.389. The van der Waals surface area contributed by atoms with Gasteiger partial charge < -0.3 is 14.6 Å². The number of carbonyl (C=O) groups excluding carboxylic acids is 1. The molecule has 4 nitrogen and oxygen atoms in total. The molecule has 0 spiro atoms. The third-order valence-corrected chi connectivity index (χ3v) is 4.75. The molecule has 4 heteroatoms. The molecule has 2 saturated heterocycles. The monoisotopic (exact) mass is 294 g/mol. The molecule has 1 aromatic heterocycles. The van der Waals surface area contributed by atoms with Crippen LogP contribution in [0.1, 0.15) is 29.3 Å². The Bertz CT molecular complexity index is 796. The molecule has 3 atom stereocenters. The predicted molar refractivity (Wildman–Crippen MR) is 84.6 cm³/mol. The van der Waals surface area contributed by atoms with E-state index in [1.807, 2.05) is 12.1 Å². The largest absolute Gasteiger partial charge is 0.463 e. The van der Waals surface area contributed by atoms with Gasteiger partial charge in [-0.2, -0.15) is 0 Å². The molecule has 3 heterocycles. The summed E-state index contributed by atoms with van der Waals surface area (Å²) in [5.74, 6) is 6.48. The average Bonchev–Trinajstić information content (AvgIpc) is 3.23. The number of carbonyl (C=O) groups is 1. The molecule has 3 unspecified atom stereocenters. The van der Waals surface area contributed by atoms with E-state index in [1.165, 1.54) is 13.0 Å². The first kappa shape index (κ1) is 13.4. The number of piperidine rings is 1. The number of hydrogen-bond acceptors (Lipinski definition) is 3. The highest BCUT2D eigenvalue weighted by atomic mass is 16.3. The summed E-state index contributed by atoms with van der Waals surface area (Å²) in [5.41, 5.74) is 2.23. The van der Waals surface area contributed by atoms with Gasteiger partial charge in [0, 0.05) is 30.1 Å². The van der Waals surface area contributed by atoms with Crippen molar-refractivity contribution in [1.29, 1.82) is 0 Å². The van der Waals surface area contributed by atoms with Crippen LogP contribution in [-0.2, 0) is 0 Å². The Morgan fingerprint density at radius 2 is 2.32 bits per heavy atom. The Labute approximate surface area is 129 Å². The van der Waals surface area contributed by atoms with Gasteiger partial charge in [0.1, 0.15) is 11.8 Å². The van der Waals surface area contributed by atoms with Crippen molar-refractivity contribution in [2.45, 2.75) is 19.4 Å². The van der Waals surface area contributed by atoms with Crippen LogP contribution in [0.4, 0.5) is 0 Å². The van der Waals surface area contributed by atoms with Crippen molar-refractivity contribution in [3.05, 3.63) is 35.6 Å². The van der Waals surface area contributed by atoms with E-state index in [0.717, 1.165) is 24.0 Å². The number of amides is 1. The van der Waals surface area contributed by atoms with Crippen LogP contribution in [0.5, 0.6) is 0 Å². The molecular weight excluding hydrogens is 276 g/mol. The van der Waals surface area contributed by atoms with Crippen molar-refractivity contribution in [2.24, 2.45) is 5.92 Å². The van der Waals surface area contributed by atoms with E-state index >= 15 is 0 Å². The van der Waals surface area contributed by atoms with E-state index in [-0.39, 0.29) is 11.9 Å². The van der Waals surface area contributed by atoms with Crippen molar-refractivity contribution in [1.82, 2.24) is 10.2 Å². The molecular formula is C18H18N2O2. The highest BCUT2D eigenvalue weighted by Crippen LogP contribution is 2.28. The van der Waals surface area contributed by atoms with Crippen LogP contribution < -0.4 is 5.32 Å². The molecule has 2 fully saturated rings. The minimum atomic E-state index is -0.0137. The van der Waals surface area contributed by atoms with Crippen molar-refractivity contribution < 1.29 is 9.21 Å². The van der Waals surface area contributed by atoms with Gasteiger partial charge in [-0.15, -0.1) is 5.92 Å². The molecule has 4 rings (SSSR count). The van der Waals surface area contributed by atoms with E-state index in [1.54, 1.807) is 19.3 Å². The molecule has 2 aliphatic heterocycles. The summed E-state index contributed by atoms with van der Waals surface area (Å²) in [6, 6.07) is 5.85. The first-order valence-corrected chi connectivity index (χ1v) is 7.72. The topological polar surface area (TPSA) is 45.5 Å². The van der Waals surface area contributed by atoms with Crippen LogP contribution in [-0.4, -0.2) is 36.5 Å². The summed E-state index contributed by atoms with van der Waals surface area (Å²) in [7, 11) is 0. The molecule has 0 saturated carbocycles. The second kappa shape index (κ2) is 5.19. The smallest absolute Gasteiger partial charge is 0.251 e. The lowest BCUT2D eigenvalue weighted by molar-refractivity contribution is 0.0924. The van der Waals surface area contributed by atoms with Gasteiger partial charge in [-0.05, 0) is 44.0 Å². The Kier molecular flexibility index (Phi) is 3.16. The molecule has 2 bridgehead atoms. The number of benzene rings is 1. The third-order valence-electron chi connectivity index (χ3n) is 4.75. The van der Waals surface area contributed by atoms with Gasteiger partial charge in [0.25, 0.3) is 5.91 Å². The minimum Gasteiger partial charge on any atom is -0.463 e. The van der Waals surface area contributed by atoms with Crippen molar-refractivity contribution in [3.8, 4) is 11.8 Å². The minimum absolute atomic E-state index is 0.0137. The number of fused-ring (bicyclic) bond motifs is 3. The average molecular weight is 294 g/mol. The number of nitrogens with one attached hydrogen (secondary N) is 1. The second-order valence-electron chi connectivity index (χ2n) is 6.12. The molecule has 2 aromatic rings. The molecule has 0 radical (unpaired) electrons. The van der Waals surface area contributed by atoms with Crippen molar-refractivity contribution >= 4 is 16.9 Å². The normalized spacial score (nSPS) is 26.0. The van der Waals surface area contributed by atoms with Gasteiger partial charge >= 0.3 is 0 Å². The van der Waals surface area contributed by atoms with Gasteiger partial charge in [0.05, 0.1) is 5.56 Å². The van der Waals surface area contributed by atoms with Gasteiger partial charge in [0.2, 0.25) is 0 Å². The van der Waals surface area contributed by atoms with Crippen LogP contribution in [0.15, 0.2) is 28.9 Å². The van der Waals surface area contributed by atoms with Gasteiger partial charge in [-0.25, -0.2) is 0 Å². The summed E-state index contributed by atoms with van der Waals surface area (Å²) in [6.07, 6.45) is 2.84. The summed E-state index contributed by atoms with van der Waals surface area (Å²) in [4.78, 5) is 14.9. The fourth-order valence-electron chi connectivity index (χ4n) is 3.60. The Balaban J connectivity index is 1.55. The molecule has 0 aliphatic carbocycles. The molecule has 1 amide bonds. The highest BCUT2D eigenvalue weighted by molar-refractivity contribution is 5.98. The van der Waals surface area contributed by atoms with E-state index in [2.05, 4.69) is 22.1 Å². The molecule has 112 valence electrons.